The van der Waals surface area contributed by atoms with Crippen LogP contribution in [-0.2, 0) is 0 Å². The molecule has 0 saturated heterocycles. The first-order valence-corrected chi connectivity index (χ1v) is 5.29. The number of thiol groups is 1. The highest BCUT2D eigenvalue weighted by Gasteiger charge is 1.97. The average molecular weight is 213 g/mol. The van der Waals surface area contributed by atoms with Crippen molar-refractivity contribution in [1.29, 1.82) is 0 Å². The Balaban J connectivity index is 2.87. The summed E-state index contributed by atoms with van der Waals surface area (Å²) < 4.78 is 0. The Morgan fingerprint density at radius 1 is 1.46 bits per heavy atom. The van der Waals surface area contributed by atoms with Gasteiger partial charge in [-0.2, -0.15) is 12.6 Å². The minimum absolute atomic E-state index is 0.815. The second-order valence-electron chi connectivity index (χ2n) is 2.89. The Morgan fingerprint density at radius 3 is 2.85 bits per heavy atom. The van der Waals surface area contributed by atoms with Crippen LogP contribution in [0.5, 0.6) is 0 Å². The third-order valence-electron chi connectivity index (χ3n) is 1.85. The van der Waals surface area contributed by atoms with E-state index in [9.17, 15) is 0 Å². The van der Waals surface area contributed by atoms with Crippen LogP contribution in [0.2, 0.25) is 5.02 Å². The fourth-order valence-corrected chi connectivity index (χ4v) is 1.57. The van der Waals surface area contributed by atoms with Crippen molar-refractivity contribution in [3.05, 3.63) is 40.4 Å². The maximum absolute atomic E-state index is 6.04. The predicted molar refractivity (Wildman–Crippen MR) is 63.7 cm³/mol. The first-order valence-electron chi connectivity index (χ1n) is 4.28. The van der Waals surface area contributed by atoms with Crippen LogP contribution in [0, 0.1) is 6.92 Å². The van der Waals surface area contributed by atoms with Crippen molar-refractivity contribution in [1.82, 2.24) is 0 Å². The lowest BCUT2D eigenvalue weighted by Gasteiger charge is -2.01. The maximum Gasteiger partial charge on any atom is 0.0480 e. The van der Waals surface area contributed by atoms with Crippen molar-refractivity contribution in [2.24, 2.45) is 0 Å². The molecule has 1 rings (SSSR count). The summed E-state index contributed by atoms with van der Waals surface area (Å²) in [7, 11) is 0. The normalized spacial score (nSPS) is 11.0. The average Bonchev–Trinajstić information content (AvgIpc) is 2.10. The summed E-state index contributed by atoms with van der Waals surface area (Å²) in [6.45, 7) is 2.06. The summed E-state index contributed by atoms with van der Waals surface area (Å²) in [5.41, 5.74) is 2.33. The summed E-state index contributed by atoms with van der Waals surface area (Å²) in [4.78, 5) is 0. The molecule has 2 heteroatoms. The van der Waals surface area contributed by atoms with E-state index < -0.39 is 0 Å². The van der Waals surface area contributed by atoms with Gasteiger partial charge in [0.2, 0.25) is 0 Å². The molecule has 1 aromatic rings. The zero-order chi connectivity index (χ0) is 9.68. The number of allylic oxidation sites excluding steroid dienone is 1. The van der Waals surface area contributed by atoms with Crippen molar-refractivity contribution in [3.8, 4) is 0 Å². The molecule has 0 fully saturated rings. The fourth-order valence-electron chi connectivity index (χ4n) is 1.13. The zero-order valence-corrected chi connectivity index (χ0v) is 9.28. The molecular formula is C11H13ClS. The molecule has 0 aliphatic rings. The molecule has 0 N–H and O–H groups in total. The minimum atomic E-state index is 0.815. The van der Waals surface area contributed by atoms with Gasteiger partial charge in [0.1, 0.15) is 0 Å². The molecule has 0 aliphatic heterocycles. The molecule has 0 unspecified atom stereocenters. The van der Waals surface area contributed by atoms with Gasteiger partial charge in [-0.05, 0) is 36.3 Å². The number of benzene rings is 1. The van der Waals surface area contributed by atoms with Gasteiger partial charge < -0.3 is 0 Å². The Hall–Kier alpha value is -0.400. The summed E-state index contributed by atoms with van der Waals surface area (Å²) in [5.74, 6) is 0.875. The Morgan fingerprint density at radius 2 is 2.23 bits per heavy atom. The first kappa shape index (κ1) is 10.7. The second-order valence-corrected chi connectivity index (χ2v) is 3.74. The van der Waals surface area contributed by atoms with Gasteiger partial charge in [-0.15, -0.1) is 0 Å². The highest BCUT2D eigenvalue weighted by atomic mass is 35.5. The van der Waals surface area contributed by atoms with Gasteiger partial charge in [0.15, 0.2) is 0 Å². The Bertz CT molecular complexity index is 285. The number of aryl methyl sites for hydroxylation is 1. The van der Waals surface area contributed by atoms with Crippen LogP contribution in [0.1, 0.15) is 17.5 Å². The van der Waals surface area contributed by atoms with E-state index in [2.05, 4.69) is 37.8 Å². The zero-order valence-electron chi connectivity index (χ0n) is 7.63. The van der Waals surface area contributed by atoms with E-state index in [1.165, 1.54) is 5.56 Å². The van der Waals surface area contributed by atoms with Crippen LogP contribution in [0.4, 0.5) is 0 Å². The van der Waals surface area contributed by atoms with E-state index in [4.69, 9.17) is 11.6 Å². The van der Waals surface area contributed by atoms with Crippen LogP contribution in [-0.4, -0.2) is 5.75 Å². The molecular weight excluding hydrogens is 200 g/mol. The molecule has 0 atom stereocenters. The van der Waals surface area contributed by atoms with E-state index in [0.29, 0.717) is 0 Å². The predicted octanol–water partition coefficient (Wildman–Crippen LogP) is 3.98. The Labute approximate surface area is 90.0 Å². The SMILES string of the molecule is Cc1cccc(Cl)c1C=CCCS. The van der Waals surface area contributed by atoms with E-state index in [1.807, 2.05) is 12.1 Å². The molecule has 70 valence electrons. The molecule has 0 aliphatic carbocycles. The largest absolute Gasteiger partial charge is 0.179 e. The first-order chi connectivity index (χ1) is 6.25. The molecule has 13 heavy (non-hydrogen) atoms. The lowest BCUT2D eigenvalue weighted by Crippen LogP contribution is -1.81. The van der Waals surface area contributed by atoms with Gasteiger partial charge in [0.25, 0.3) is 0 Å². The standard InChI is InChI=1S/C11H13ClS/c1-9-5-4-7-11(12)10(9)6-2-3-8-13/h2,4-7,13H,3,8H2,1H3. The molecule has 0 aromatic heterocycles. The lowest BCUT2D eigenvalue weighted by atomic mass is 10.1. The molecule has 0 saturated carbocycles. The van der Waals surface area contributed by atoms with Crippen LogP contribution in [0.25, 0.3) is 6.08 Å². The maximum atomic E-state index is 6.04. The molecule has 0 bridgehead atoms. The van der Waals surface area contributed by atoms with Gasteiger partial charge >= 0.3 is 0 Å². The summed E-state index contributed by atoms with van der Waals surface area (Å²) >= 11 is 10.2. The van der Waals surface area contributed by atoms with Gasteiger partial charge in [-0.25, -0.2) is 0 Å². The number of rotatable bonds is 3. The Kier molecular flexibility index (Phi) is 4.40. The highest BCUT2D eigenvalue weighted by Crippen LogP contribution is 2.20. The van der Waals surface area contributed by atoms with Crippen molar-refractivity contribution < 1.29 is 0 Å². The highest BCUT2D eigenvalue weighted by molar-refractivity contribution is 7.80. The van der Waals surface area contributed by atoms with Crippen molar-refractivity contribution in [2.45, 2.75) is 13.3 Å². The molecule has 0 spiro atoms. The quantitative estimate of drug-likeness (QED) is 0.720. The summed E-state index contributed by atoms with van der Waals surface area (Å²) in [6.07, 6.45) is 5.14. The van der Waals surface area contributed by atoms with E-state index >= 15 is 0 Å². The third-order valence-corrected chi connectivity index (χ3v) is 2.44. The summed E-state index contributed by atoms with van der Waals surface area (Å²) in [6, 6.07) is 5.94. The number of hydrogen-bond donors (Lipinski definition) is 1. The summed E-state index contributed by atoms with van der Waals surface area (Å²) in [5, 5.41) is 0.815. The van der Waals surface area contributed by atoms with Gasteiger partial charge in [0, 0.05) is 5.02 Å². The molecule has 0 nitrogen and oxygen atoms in total. The van der Waals surface area contributed by atoms with Crippen LogP contribution >= 0.6 is 24.2 Å². The van der Waals surface area contributed by atoms with Crippen molar-refractivity contribution >= 4 is 30.3 Å². The van der Waals surface area contributed by atoms with E-state index in [1.54, 1.807) is 0 Å². The third kappa shape index (κ3) is 3.09. The molecule has 1 aromatic carbocycles. The number of halogens is 1. The van der Waals surface area contributed by atoms with Crippen molar-refractivity contribution in [3.63, 3.8) is 0 Å². The van der Waals surface area contributed by atoms with Crippen LogP contribution in [0.3, 0.4) is 0 Å². The fraction of sp³-hybridized carbons (Fsp3) is 0.273. The molecule has 0 radical (unpaired) electrons. The monoisotopic (exact) mass is 212 g/mol. The lowest BCUT2D eigenvalue weighted by molar-refractivity contribution is 1.26. The van der Waals surface area contributed by atoms with Crippen LogP contribution < -0.4 is 0 Å². The van der Waals surface area contributed by atoms with E-state index in [0.717, 1.165) is 22.8 Å². The molecule has 0 heterocycles. The van der Waals surface area contributed by atoms with Gasteiger partial charge in [-0.1, -0.05) is 35.9 Å². The second kappa shape index (κ2) is 5.36. The van der Waals surface area contributed by atoms with Crippen molar-refractivity contribution in [2.75, 3.05) is 5.75 Å². The van der Waals surface area contributed by atoms with Gasteiger partial charge in [-0.3, -0.25) is 0 Å². The smallest absolute Gasteiger partial charge is 0.0480 e. The molecule has 0 amide bonds. The van der Waals surface area contributed by atoms with Gasteiger partial charge in [0.05, 0.1) is 0 Å². The number of hydrogen-bond acceptors (Lipinski definition) is 1. The van der Waals surface area contributed by atoms with E-state index in [-0.39, 0.29) is 0 Å². The van der Waals surface area contributed by atoms with Crippen LogP contribution in [0.15, 0.2) is 24.3 Å². The topological polar surface area (TPSA) is 0 Å². The minimum Gasteiger partial charge on any atom is -0.179 e.